The van der Waals surface area contributed by atoms with Crippen molar-refractivity contribution in [2.75, 3.05) is 5.32 Å². The summed E-state index contributed by atoms with van der Waals surface area (Å²) in [7, 11) is 0. The predicted octanol–water partition coefficient (Wildman–Crippen LogP) is 4.92. The molecule has 5 rings (SSSR count). The lowest BCUT2D eigenvalue weighted by atomic mass is 10.0. The number of amidine groups is 2. The number of anilines is 1. The quantitative estimate of drug-likeness (QED) is 0.602. The van der Waals surface area contributed by atoms with E-state index in [2.05, 4.69) is 10.3 Å². The van der Waals surface area contributed by atoms with E-state index < -0.39 is 11.3 Å². The van der Waals surface area contributed by atoms with Crippen LogP contribution in [0.25, 0.3) is 0 Å². The van der Waals surface area contributed by atoms with Gasteiger partial charge in [0.25, 0.3) is 5.91 Å². The SMILES string of the molecule is CC(SC1=Nc2ccccc2C2=NC(=O)C(c3ccccc3)N12)C(=O)Nc1ccc(F)cc1. The molecular weight excluding hydrogens is 439 g/mol. The van der Waals surface area contributed by atoms with Crippen molar-refractivity contribution in [1.29, 1.82) is 0 Å². The van der Waals surface area contributed by atoms with Crippen molar-refractivity contribution in [3.63, 3.8) is 0 Å². The monoisotopic (exact) mass is 458 g/mol. The van der Waals surface area contributed by atoms with Crippen molar-refractivity contribution in [1.82, 2.24) is 4.90 Å². The number of benzene rings is 3. The minimum atomic E-state index is -0.645. The van der Waals surface area contributed by atoms with Gasteiger partial charge in [-0.3, -0.25) is 14.5 Å². The minimum absolute atomic E-state index is 0.256. The third kappa shape index (κ3) is 4.05. The first kappa shape index (κ1) is 21.1. The number of aliphatic imine (C=N–C) groups is 2. The van der Waals surface area contributed by atoms with Gasteiger partial charge in [0.2, 0.25) is 5.91 Å². The maximum Gasteiger partial charge on any atom is 0.275 e. The standard InChI is InChI=1S/C25H19FN4O2S/c1-15(23(31)27-18-13-11-17(26)12-14-18)33-25-28-20-10-6-5-9-19(20)22-29-24(32)21(30(22)25)16-7-3-2-4-8-16/h2-15,21H,1H3,(H,27,31). The topological polar surface area (TPSA) is 74.1 Å². The average molecular weight is 459 g/mol. The highest BCUT2D eigenvalue weighted by Gasteiger charge is 2.43. The van der Waals surface area contributed by atoms with E-state index in [1.807, 2.05) is 59.5 Å². The Labute approximate surface area is 194 Å². The summed E-state index contributed by atoms with van der Waals surface area (Å²) in [5.41, 5.74) is 2.78. The number of hydrogen-bond acceptors (Lipinski definition) is 5. The van der Waals surface area contributed by atoms with Crippen LogP contribution in [-0.4, -0.2) is 33.0 Å². The third-order valence-corrected chi connectivity index (χ3v) is 6.45. The molecule has 0 saturated heterocycles. The summed E-state index contributed by atoms with van der Waals surface area (Å²) in [4.78, 5) is 36.8. The van der Waals surface area contributed by atoms with Gasteiger partial charge in [0.15, 0.2) is 5.17 Å². The summed E-state index contributed by atoms with van der Waals surface area (Å²) in [6.45, 7) is 1.76. The summed E-state index contributed by atoms with van der Waals surface area (Å²) >= 11 is 1.25. The Kier molecular flexibility index (Phi) is 5.51. The van der Waals surface area contributed by atoms with E-state index in [1.54, 1.807) is 6.92 Å². The van der Waals surface area contributed by atoms with E-state index in [9.17, 15) is 14.0 Å². The fraction of sp³-hybridized carbons (Fsp3) is 0.120. The molecule has 2 heterocycles. The van der Waals surface area contributed by atoms with Crippen molar-refractivity contribution >= 4 is 46.0 Å². The zero-order valence-electron chi connectivity index (χ0n) is 17.6. The lowest BCUT2D eigenvalue weighted by molar-refractivity contribution is -0.119. The zero-order valence-corrected chi connectivity index (χ0v) is 18.4. The van der Waals surface area contributed by atoms with Crippen LogP contribution < -0.4 is 5.32 Å². The second kappa shape index (κ2) is 8.63. The molecule has 0 aromatic heterocycles. The second-order valence-electron chi connectivity index (χ2n) is 7.62. The number of nitrogens with one attached hydrogen (secondary N) is 1. The van der Waals surface area contributed by atoms with E-state index in [0.29, 0.717) is 22.4 Å². The molecular formula is C25H19FN4O2S. The molecule has 164 valence electrons. The van der Waals surface area contributed by atoms with Crippen LogP contribution in [0.5, 0.6) is 0 Å². The highest BCUT2D eigenvalue weighted by Crippen LogP contribution is 2.40. The summed E-state index contributed by atoms with van der Waals surface area (Å²) in [6, 6.07) is 21.9. The Morgan fingerprint density at radius 2 is 1.70 bits per heavy atom. The molecule has 0 spiro atoms. The van der Waals surface area contributed by atoms with E-state index in [1.165, 1.54) is 36.0 Å². The molecule has 8 heteroatoms. The van der Waals surface area contributed by atoms with Crippen LogP contribution in [-0.2, 0) is 9.59 Å². The lowest BCUT2D eigenvalue weighted by Gasteiger charge is -2.32. The number of carbonyl (C=O) groups is 2. The molecule has 3 aromatic carbocycles. The van der Waals surface area contributed by atoms with Gasteiger partial charge in [-0.25, -0.2) is 9.38 Å². The van der Waals surface area contributed by atoms with Crippen LogP contribution in [0.4, 0.5) is 15.8 Å². The fourth-order valence-corrected chi connectivity index (χ4v) is 4.70. The Bertz CT molecular complexity index is 1290. The molecule has 2 amide bonds. The molecule has 1 N–H and O–H groups in total. The normalized spacial score (nSPS) is 17.6. The predicted molar refractivity (Wildman–Crippen MR) is 128 cm³/mol. The van der Waals surface area contributed by atoms with Gasteiger partial charge < -0.3 is 5.32 Å². The molecule has 33 heavy (non-hydrogen) atoms. The Morgan fingerprint density at radius 1 is 1.00 bits per heavy atom. The van der Waals surface area contributed by atoms with Crippen molar-refractivity contribution in [3.05, 3.63) is 95.8 Å². The van der Waals surface area contributed by atoms with Gasteiger partial charge in [-0.05, 0) is 48.9 Å². The van der Waals surface area contributed by atoms with E-state index >= 15 is 0 Å². The maximum atomic E-state index is 13.2. The molecule has 0 aliphatic carbocycles. The highest BCUT2D eigenvalue weighted by molar-refractivity contribution is 8.14. The van der Waals surface area contributed by atoms with Gasteiger partial charge in [-0.2, -0.15) is 4.99 Å². The third-order valence-electron chi connectivity index (χ3n) is 5.38. The molecule has 2 aliphatic rings. The maximum absolute atomic E-state index is 13.2. The number of para-hydroxylation sites is 1. The molecule has 0 fully saturated rings. The molecule has 0 radical (unpaired) electrons. The van der Waals surface area contributed by atoms with Gasteiger partial charge in [0.1, 0.15) is 17.7 Å². The number of halogens is 1. The van der Waals surface area contributed by atoms with Crippen LogP contribution in [0.1, 0.15) is 24.1 Å². The number of fused-ring (bicyclic) bond motifs is 3. The van der Waals surface area contributed by atoms with Crippen molar-refractivity contribution in [2.24, 2.45) is 9.98 Å². The number of hydrogen-bond donors (Lipinski definition) is 1. The largest absolute Gasteiger partial charge is 0.325 e. The van der Waals surface area contributed by atoms with E-state index in [4.69, 9.17) is 4.99 Å². The Hall–Kier alpha value is -3.78. The number of nitrogens with zero attached hydrogens (tertiary/aromatic N) is 3. The van der Waals surface area contributed by atoms with Crippen LogP contribution in [0.3, 0.4) is 0 Å². The van der Waals surface area contributed by atoms with Crippen molar-refractivity contribution in [2.45, 2.75) is 18.2 Å². The molecule has 2 atom stereocenters. The summed E-state index contributed by atoms with van der Waals surface area (Å²) in [5, 5.41) is 2.78. The zero-order chi connectivity index (χ0) is 22.9. The van der Waals surface area contributed by atoms with Gasteiger partial charge in [0, 0.05) is 11.3 Å². The number of thioether (sulfide) groups is 1. The van der Waals surface area contributed by atoms with Gasteiger partial charge in [-0.1, -0.05) is 54.2 Å². The molecule has 6 nitrogen and oxygen atoms in total. The number of rotatable bonds is 4. The Balaban J connectivity index is 1.46. The van der Waals surface area contributed by atoms with Crippen LogP contribution in [0.15, 0.2) is 88.8 Å². The summed E-state index contributed by atoms with van der Waals surface area (Å²) in [5.74, 6) is -0.366. The second-order valence-corrected chi connectivity index (χ2v) is 8.93. The molecule has 0 saturated carbocycles. The van der Waals surface area contributed by atoms with Gasteiger partial charge in [0.05, 0.1) is 10.9 Å². The summed E-state index contributed by atoms with van der Waals surface area (Å²) in [6.07, 6.45) is 0. The fourth-order valence-electron chi connectivity index (χ4n) is 3.76. The molecule has 0 bridgehead atoms. The average Bonchev–Trinajstić information content (AvgIpc) is 3.18. The first-order valence-electron chi connectivity index (χ1n) is 10.4. The number of amides is 2. The van der Waals surface area contributed by atoms with Crippen LogP contribution in [0, 0.1) is 5.82 Å². The summed E-state index contributed by atoms with van der Waals surface area (Å²) < 4.78 is 13.2. The molecule has 2 aliphatic heterocycles. The number of carbonyl (C=O) groups excluding carboxylic acids is 2. The minimum Gasteiger partial charge on any atom is -0.325 e. The van der Waals surface area contributed by atoms with Crippen LogP contribution in [0.2, 0.25) is 0 Å². The molecule has 3 aromatic rings. The first-order valence-corrected chi connectivity index (χ1v) is 11.3. The van der Waals surface area contributed by atoms with E-state index in [0.717, 1.165) is 11.1 Å². The van der Waals surface area contributed by atoms with Gasteiger partial charge >= 0.3 is 0 Å². The highest BCUT2D eigenvalue weighted by atomic mass is 32.2. The van der Waals surface area contributed by atoms with Crippen LogP contribution >= 0.6 is 11.8 Å². The van der Waals surface area contributed by atoms with E-state index in [-0.39, 0.29) is 17.6 Å². The lowest BCUT2D eigenvalue weighted by Crippen LogP contribution is -2.40. The smallest absolute Gasteiger partial charge is 0.275 e. The van der Waals surface area contributed by atoms with Gasteiger partial charge in [-0.15, -0.1) is 0 Å². The Morgan fingerprint density at radius 3 is 2.45 bits per heavy atom. The van der Waals surface area contributed by atoms with Crippen molar-refractivity contribution < 1.29 is 14.0 Å². The van der Waals surface area contributed by atoms with Crippen molar-refractivity contribution in [3.8, 4) is 0 Å². The molecule has 2 unspecified atom stereocenters. The first-order chi connectivity index (χ1) is 16.0.